The van der Waals surface area contributed by atoms with Crippen LogP contribution in [0.25, 0.3) is 0 Å². The molecule has 0 aliphatic heterocycles. The van der Waals surface area contributed by atoms with Crippen LogP contribution in [0.3, 0.4) is 0 Å². The number of hydrogen-bond donors (Lipinski definition) is 0. The topological polar surface area (TPSA) is 20.3 Å². The van der Waals surface area contributed by atoms with Gasteiger partial charge in [0.2, 0.25) is 0 Å². The van der Waals surface area contributed by atoms with Crippen LogP contribution < -0.4 is 0 Å². The monoisotopic (exact) mass is 259 g/mol. The number of hydrogen-bond acceptors (Lipinski definition) is 1. The summed E-state index contributed by atoms with van der Waals surface area (Å²) in [4.78, 5) is 14.3. The standard InChI is InChI=1S/C17H25NO/c1-17(2,3)14-11-9-13(10-12-14)16(19)18(4)15-7-5-6-8-15/h9-12,15H,5-8H2,1-4H3. The fourth-order valence-electron chi connectivity index (χ4n) is 2.77. The Bertz CT molecular complexity index is 435. The first-order valence-corrected chi connectivity index (χ1v) is 7.27. The van der Waals surface area contributed by atoms with Gasteiger partial charge in [-0.2, -0.15) is 0 Å². The number of carbonyl (C=O) groups excluding carboxylic acids is 1. The van der Waals surface area contributed by atoms with Crippen LogP contribution in [-0.2, 0) is 5.41 Å². The third kappa shape index (κ3) is 3.17. The molecule has 1 amide bonds. The molecule has 0 saturated heterocycles. The lowest BCUT2D eigenvalue weighted by molar-refractivity contribution is 0.0735. The van der Waals surface area contributed by atoms with Crippen LogP contribution in [0.1, 0.15) is 62.4 Å². The van der Waals surface area contributed by atoms with Gasteiger partial charge in [-0.3, -0.25) is 4.79 Å². The average Bonchev–Trinajstić information content (AvgIpc) is 2.90. The zero-order valence-corrected chi connectivity index (χ0v) is 12.6. The summed E-state index contributed by atoms with van der Waals surface area (Å²) in [5, 5.41) is 0. The van der Waals surface area contributed by atoms with Crippen LogP contribution in [0.15, 0.2) is 24.3 Å². The average molecular weight is 259 g/mol. The fourth-order valence-corrected chi connectivity index (χ4v) is 2.77. The molecule has 0 N–H and O–H groups in total. The molecule has 0 heterocycles. The lowest BCUT2D eigenvalue weighted by atomic mass is 9.86. The molecule has 2 rings (SSSR count). The summed E-state index contributed by atoms with van der Waals surface area (Å²) in [6.45, 7) is 6.57. The minimum Gasteiger partial charge on any atom is -0.339 e. The SMILES string of the molecule is CN(C(=O)c1ccc(C(C)(C)C)cc1)C1CCCC1. The van der Waals surface area contributed by atoms with Crippen LogP contribution in [-0.4, -0.2) is 23.9 Å². The largest absolute Gasteiger partial charge is 0.339 e. The normalized spacial score (nSPS) is 16.6. The van der Waals surface area contributed by atoms with Crippen LogP contribution in [0, 0.1) is 0 Å². The summed E-state index contributed by atoms with van der Waals surface area (Å²) in [6, 6.07) is 8.53. The van der Waals surface area contributed by atoms with Gasteiger partial charge in [-0.1, -0.05) is 45.7 Å². The second-order valence-corrected chi connectivity index (χ2v) is 6.68. The van der Waals surface area contributed by atoms with Crippen molar-refractivity contribution in [2.24, 2.45) is 0 Å². The second-order valence-electron chi connectivity index (χ2n) is 6.68. The molecular weight excluding hydrogens is 234 g/mol. The summed E-state index contributed by atoms with van der Waals surface area (Å²) in [6.07, 6.45) is 4.82. The van der Waals surface area contributed by atoms with Gasteiger partial charge in [0.05, 0.1) is 0 Å². The summed E-state index contributed by atoms with van der Waals surface area (Å²) in [5.41, 5.74) is 2.22. The highest BCUT2D eigenvalue weighted by molar-refractivity contribution is 5.94. The molecule has 1 saturated carbocycles. The molecule has 1 fully saturated rings. The highest BCUT2D eigenvalue weighted by atomic mass is 16.2. The Morgan fingerprint density at radius 2 is 1.63 bits per heavy atom. The molecule has 0 bridgehead atoms. The van der Waals surface area contributed by atoms with Crippen molar-refractivity contribution in [1.82, 2.24) is 4.90 Å². The molecule has 1 aliphatic carbocycles. The van der Waals surface area contributed by atoms with Crippen LogP contribution >= 0.6 is 0 Å². The quantitative estimate of drug-likeness (QED) is 0.786. The van der Waals surface area contributed by atoms with E-state index in [0.29, 0.717) is 6.04 Å². The zero-order chi connectivity index (χ0) is 14.0. The van der Waals surface area contributed by atoms with Gasteiger partial charge in [-0.15, -0.1) is 0 Å². The zero-order valence-electron chi connectivity index (χ0n) is 12.6. The maximum absolute atomic E-state index is 12.4. The molecule has 2 heteroatoms. The van der Waals surface area contributed by atoms with E-state index in [1.165, 1.54) is 18.4 Å². The van der Waals surface area contributed by atoms with E-state index in [1.54, 1.807) is 0 Å². The smallest absolute Gasteiger partial charge is 0.253 e. The molecule has 104 valence electrons. The lowest BCUT2D eigenvalue weighted by Crippen LogP contribution is -2.35. The van der Waals surface area contributed by atoms with E-state index in [2.05, 4.69) is 32.9 Å². The van der Waals surface area contributed by atoms with Gasteiger partial charge in [0.15, 0.2) is 0 Å². The number of carbonyl (C=O) groups is 1. The van der Waals surface area contributed by atoms with Crippen molar-refractivity contribution >= 4 is 5.91 Å². The van der Waals surface area contributed by atoms with Crippen LogP contribution in [0.4, 0.5) is 0 Å². The Kier molecular flexibility index (Phi) is 3.98. The van der Waals surface area contributed by atoms with Crippen LogP contribution in [0.2, 0.25) is 0 Å². The van der Waals surface area contributed by atoms with E-state index >= 15 is 0 Å². The molecule has 0 radical (unpaired) electrons. The first kappa shape index (κ1) is 14.1. The summed E-state index contributed by atoms with van der Waals surface area (Å²) in [5.74, 6) is 0.160. The molecule has 2 nitrogen and oxygen atoms in total. The third-order valence-electron chi connectivity index (χ3n) is 4.19. The molecule has 0 unspecified atom stereocenters. The van der Waals surface area contributed by atoms with Gasteiger partial charge < -0.3 is 4.90 Å². The molecule has 1 aliphatic rings. The number of amides is 1. The van der Waals surface area contributed by atoms with Crippen molar-refractivity contribution in [3.8, 4) is 0 Å². The van der Waals surface area contributed by atoms with Crippen molar-refractivity contribution in [3.05, 3.63) is 35.4 Å². The molecular formula is C17H25NO. The maximum atomic E-state index is 12.4. The highest BCUT2D eigenvalue weighted by Gasteiger charge is 2.24. The Balaban J connectivity index is 2.11. The van der Waals surface area contributed by atoms with Gasteiger partial charge in [0.1, 0.15) is 0 Å². The molecule has 0 spiro atoms. The summed E-state index contributed by atoms with van der Waals surface area (Å²) < 4.78 is 0. The Labute approximate surface area is 116 Å². The fraction of sp³-hybridized carbons (Fsp3) is 0.588. The van der Waals surface area contributed by atoms with E-state index < -0.39 is 0 Å². The Hall–Kier alpha value is -1.31. The van der Waals surface area contributed by atoms with Gasteiger partial charge in [0, 0.05) is 18.7 Å². The number of nitrogens with zero attached hydrogens (tertiary/aromatic N) is 1. The van der Waals surface area contributed by atoms with Crippen molar-refractivity contribution in [3.63, 3.8) is 0 Å². The van der Waals surface area contributed by atoms with Gasteiger partial charge in [0.25, 0.3) is 5.91 Å². The van der Waals surface area contributed by atoms with Gasteiger partial charge in [-0.25, -0.2) is 0 Å². The molecule has 19 heavy (non-hydrogen) atoms. The van der Waals surface area contributed by atoms with E-state index in [9.17, 15) is 4.79 Å². The molecule has 0 aromatic heterocycles. The highest BCUT2D eigenvalue weighted by Crippen LogP contribution is 2.25. The van der Waals surface area contributed by atoms with Crippen molar-refractivity contribution in [1.29, 1.82) is 0 Å². The van der Waals surface area contributed by atoms with Crippen molar-refractivity contribution in [2.45, 2.75) is 57.9 Å². The lowest BCUT2D eigenvalue weighted by Gasteiger charge is -2.25. The molecule has 0 atom stereocenters. The predicted molar refractivity (Wildman–Crippen MR) is 79.5 cm³/mol. The van der Waals surface area contributed by atoms with E-state index in [0.717, 1.165) is 18.4 Å². The first-order valence-electron chi connectivity index (χ1n) is 7.27. The van der Waals surface area contributed by atoms with Gasteiger partial charge in [-0.05, 0) is 36.0 Å². The Morgan fingerprint density at radius 1 is 1.11 bits per heavy atom. The summed E-state index contributed by atoms with van der Waals surface area (Å²) >= 11 is 0. The Morgan fingerprint density at radius 3 is 2.11 bits per heavy atom. The van der Waals surface area contributed by atoms with E-state index in [1.807, 2.05) is 24.1 Å². The minimum atomic E-state index is 0.138. The first-order chi connectivity index (χ1) is 8.89. The van der Waals surface area contributed by atoms with Crippen molar-refractivity contribution < 1.29 is 4.79 Å². The number of benzene rings is 1. The third-order valence-corrected chi connectivity index (χ3v) is 4.19. The van der Waals surface area contributed by atoms with E-state index in [-0.39, 0.29) is 11.3 Å². The minimum absolute atomic E-state index is 0.138. The molecule has 1 aromatic rings. The van der Waals surface area contributed by atoms with E-state index in [4.69, 9.17) is 0 Å². The van der Waals surface area contributed by atoms with Crippen LogP contribution in [0.5, 0.6) is 0 Å². The summed E-state index contributed by atoms with van der Waals surface area (Å²) in [7, 11) is 1.94. The molecule has 1 aromatic carbocycles. The predicted octanol–water partition coefficient (Wildman–Crippen LogP) is 4.00. The van der Waals surface area contributed by atoms with Crippen molar-refractivity contribution in [2.75, 3.05) is 7.05 Å². The second kappa shape index (κ2) is 5.36. The van der Waals surface area contributed by atoms with Gasteiger partial charge >= 0.3 is 0 Å². The number of rotatable bonds is 2. The maximum Gasteiger partial charge on any atom is 0.253 e.